The van der Waals surface area contributed by atoms with E-state index < -0.39 is 0 Å². The van der Waals surface area contributed by atoms with Crippen LogP contribution in [0.25, 0.3) is 0 Å². The van der Waals surface area contributed by atoms with Gasteiger partial charge >= 0.3 is 0 Å². The Balaban J connectivity index is 0.00000576. The fourth-order valence-corrected chi connectivity index (χ4v) is 2.97. The first-order chi connectivity index (χ1) is 11.7. The van der Waals surface area contributed by atoms with Gasteiger partial charge in [-0.25, -0.2) is 4.98 Å². The van der Waals surface area contributed by atoms with Crippen LogP contribution in [-0.4, -0.2) is 35.6 Å². The van der Waals surface area contributed by atoms with Crippen LogP contribution in [0.4, 0.5) is 0 Å². The van der Waals surface area contributed by atoms with Crippen molar-refractivity contribution in [2.45, 2.75) is 72.3 Å². The predicted octanol–water partition coefficient (Wildman–Crippen LogP) is 4.36. The van der Waals surface area contributed by atoms with Crippen LogP contribution < -0.4 is 10.6 Å². The van der Waals surface area contributed by atoms with Gasteiger partial charge in [0.2, 0.25) is 0 Å². The lowest BCUT2D eigenvalue weighted by molar-refractivity contribution is 0.423. The van der Waals surface area contributed by atoms with Crippen molar-refractivity contribution in [2.75, 3.05) is 20.1 Å². The van der Waals surface area contributed by atoms with Crippen molar-refractivity contribution in [2.24, 2.45) is 10.9 Å². The van der Waals surface area contributed by atoms with Crippen LogP contribution in [0.5, 0.6) is 0 Å². The largest absolute Gasteiger partial charge is 0.356 e. The maximum absolute atomic E-state index is 4.34. The highest BCUT2D eigenvalue weighted by molar-refractivity contribution is 14.0. The van der Waals surface area contributed by atoms with E-state index in [0.29, 0.717) is 0 Å². The molecule has 6 heteroatoms. The van der Waals surface area contributed by atoms with Gasteiger partial charge in [0, 0.05) is 39.1 Å². The molecule has 0 saturated heterocycles. The number of hydrogen-bond donors (Lipinski definition) is 2. The fourth-order valence-electron chi connectivity index (χ4n) is 2.97. The lowest BCUT2D eigenvalue weighted by Crippen LogP contribution is -2.40. The Morgan fingerprint density at radius 2 is 1.96 bits per heavy atom. The number of aromatic nitrogens is 2. The van der Waals surface area contributed by atoms with Gasteiger partial charge in [0.1, 0.15) is 5.82 Å². The zero-order valence-corrected chi connectivity index (χ0v) is 18.9. The van der Waals surface area contributed by atoms with Crippen molar-refractivity contribution in [1.29, 1.82) is 0 Å². The van der Waals surface area contributed by atoms with Gasteiger partial charge in [-0.2, -0.15) is 0 Å². The number of rotatable bonds is 12. The van der Waals surface area contributed by atoms with Gasteiger partial charge in [-0.3, -0.25) is 4.99 Å². The van der Waals surface area contributed by atoms with E-state index in [4.69, 9.17) is 0 Å². The van der Waals surface area contributed by atoms with E-state index in [1.165, 1.54) is 32.1 Å². The Morgan fingerprint density at radius 1 is 1.16 bits per heavy atom. The molecule has 1 aromatic heterocycles. The second-order valence-electron chi connectivity index (χ2n) is 6.55. The summed E-state index contributed by atoms with van der Waals surface area (Å²) in [5, 5.41) is 6.93. The molecular formula is C19H38IN5. The van der Waals surface area contributed by atoms with Gasteiger partial charge < -0.3 is 15.2 Å². The quantitative estimate of drug-likeness (QED) is 0.210. The number of nitrogens with zero attached hydrogens (tertiary/aromatic N) is 3. The zero-order valence-electron chi connectivity index (χ0n) is 16.6. The van der Waals surface area contributed by atoms with E-state index in [1.54, 1.807) is 0 Å². The first-order valence-corrected chi connectivity index (χ1v) is 9.63. The second kappa shape index (κ2) is 15.5. The number of nitrogens with one attached hydrogen (secondary N) is 2. The molecule has 1 rings (SSSR count). The normalized spacial score (nSPS) is 12.6. The first-order valence-electron chi connectivity index (χ1n) is 9.63. The Hall–Kier alpha value is -0.790. The lowest BCUT2D eigenvalue weighted by atomic mass is 9.97. The third kappa shape index (κ3) is 10.7. The molecule has 0 aliphatic rings. The van der Waals surface area contributed by atoms with Crippen molar-refractivity contribution in [3.05, 3.63) is 18.2 Å². The van der Waals surface area contributed by atoms with E-state index >= 15 is 0 Å². The van der Waals surface area contributed by atoms with Gasteiger partial charge in [0.05, 0.1) is 0 Å². The molecule has 0 fully saturated rings. The molecule has 0 aliphatic heterocycles. The van der Waals surface area contributed by atoms with Crippen LogP contribution in [0, 0.1) is 12.8 Å². The summed E-state index contributed by atoms with van der Waals surface area (Å²) in [4.78, 5) is 8.59. The molecule has 2 N–H and O–H groups in total. The smallest absolute Gasteiger partial charge is 0.190 e. The Morgan fingerprint density at radius 3 is 2.56 bits per heavy atom. The highest BCUT2D eigenvalue weighted by Gasteiger charge is 2.08. The minimum Gasteiger partial charge on any atom is -0.356 e. The van der Waals surface area contributed by atoms with E-state index in [9.17, 15) is 0 Å². The van der Waals surface area contributed by atoms with E-state index in [0.717, 1.165) is 50.2 Å². The first kappa shape index (κ1) is 24.2. The van der Waals surface area contributed by atoms with Gasteiger partial charge in [-0.15, -0.1) is 24.0 Å². The second-order valence-corrected chi connectivity index (χ2v) is 6.55. The number of halogens is 1. The molecule has 0 amide bonds. The number of aliphatic imine (C=N–C) groups is 1. The van der Waals surface area contributed by atoms with Gasteiger partial charge in [-0.05, 0) is 38.5 Å². The Kier molecular flexibility index (Phi) is 15.0. The van der Waals surface area contributed by atoms with Gasteiger partial charge in [0.15, 0.2) is 5.96 Å². The minimum absolute atomic E-state index is 0. The maximum atomic E-state index is 4.34. The van der Waals surface area contributed by atoms with Crippen molar-refractivity contribution >= 4 is 29.9 Å². The predicted molar refractivity (Wildman–Crippen MR) is 119 cm³/mol. The standard InChI is InChI=1S/C19H37N5.HI/c1-5-7-11-18(10-6-2)16-23-19(20-4)22-12-8-9-14-24-15-13-21-17(24)3;/h13,15,18H,5-12,14,16H2,1-4H3,(H2,20,22,23);1H. The van der Waals surface area contributed by atoms with Crippen molar-refractivity contribution in [3.63, 3.8) is 0 Å². The molecule has 1 unspecified atom stereocenters. The third-order valence-corrected chi connectivity index (χ3v) is 4.49. The number of imidazole rings is 1. The van der Waals surface area contributed by atoms with E-state index in [2.05, 4.69) is 45.9 Å². The molecule has 5 nitrogen and oxygen atoms in total. The van der Waals surface area contributed by atoms with E-state index in [-0.39, 0.29) is 24.0 Å². The van der Waals surface area contributed by atoms with Crippen LogP contribution in [0.15, 0.2) is 17.4 Å². The highest BCUT2D eigenvalue weighted by Crippen LogP contribution is 2.13. The van der Waals surface area contributed by atoms with Gasteiger partial charge in [-0.1, -0.05) is 33.1 Å². The van der Waals surface area contributed by atoms with Crippen LogP contribution in [0.3, 0.4) is 0 Å². The topological polar surface area (TPSA) is 54.2 Å². The molecule has 0 aliphatic carbocycles. The Bertz CT molecular complexity index is 458. The van der Waals surface area contributed by atoms with Crippen LogP contribution >= 0.6 is 24.0 Å². The van der Waals surface area contributed by atoms with Crippen molar-refractivity contribution in [3.8, 4) is 0 Å². The number of guanidine groups is 1. The van der Waals surface area contributed by atoms with Gasteiger partial charge in [0.25, 0.3) is 0 Å². The fraction of sp³-hybridized carbons (Fsp3) is 0.789. The summed E-state index contributed by atoms with van der Waals surface area (Å²) >= 11 is 0. The monoisotopic (exact) mass is 463 g/mol. The molecule has 0 bridgehead atoms. The molecule has 1 atom stereocenters. The molecular weight excluding hydrogens is 425 g/mol. The number of unbranched alkanes of at least 4 members (excludes halogenated alkanes) is 2. The van der Waals surface area contributed by atoms with Crippen LogP contribution in [0.1, 0.15) is 64.6 Å². The summed E-state index contributed by atoms with van der Waals surface area (Å²) in [6.45, 7) is 9.61. The van der Waals surface area contributed by atoms with Crippen molar-refractivity contribution < 1.29 is 0 Å². The summed E-state index contributed by atoms with van der Waals surface area (Å²) in [7, 11) is 1.85. The molecule has 1 aromatic rings. The number of aryl methyl sites for hydroxylation is 2. The highest BCUT2D eigenvalue weighted by atomic mass is 127. The molecule has 25 heavy (non-hydrogen) atoms. The summed E-state index contributed by atoms with van der Waals surface area (Å²) in [6, 6.07) is 0. The van der Waals surface area contributed by atoms with Crippen LogP contribution in [0.2, 0.25) is 0 Å². The average Bonchev–Trinajstić information content (AvgIpc) is 2.99. The summed E-state index contributed by atoms with van der Waals surface area (Å²) in [5.74, 6) is 2.79. The molecule has 1 heterocycles. The SMILES string of the molecule is CCCCC(CCC)CNC(=NC)NCCCCn1ccnc1C.I. The summed E-state index contributed by atoms with van der Waals surface area (Å²) in [5.41, 5.74) is 0. The molecule has 0 saturated carbocycles. The third-order valence-electron chi connectivity index (χ3n) is 4.49. The number of hydrogen-bond acceptors (Lipinski definition) is 2. The minimum atomic E-state index is 0. The summed E-state index contributed by atoms with van der Waals surface area (Å²) in [6.07, 6.45) is 12.7. The molecule has 0 spiro atoms. The molecule has 146 valence electrons. The molecule has 0 aromatic carbocycles. The zero-order chi connectivity index (χ0) is 17.6. The summed E-state index contributed by atoms with van der Waals surface area (Å²) < 4.78 is 2.20. The maximum Gasteiger partial charge on any atom is 0.190 e. The van der Waals surface area contributed by atoms with E-state index in [1.807, 2.05) is 19.4 Å². The lowest BCUT2D eigenvalue weighted by Gasteiger charge is -2.19. The average molecular weight is 463 g/mol. The Labute approximate surface area is 171 Å². The van der Waals surface area contributed by atoms with Crippen molar-refractivity contribution in [1.82, 2.24) is 20.2 Å². The van der Waals surface area contributed by atoms with Crippen LogP contribution in [-0.2, 0) is 6.54 Å². The molecule has 0 radical (unpaired) electrons.